The normalized spacial score (nSPS) is 12.0. The molecule has 0 fully saturated rings. The van der Waals surface area contributed by atoms with Crippen molar-refractivity contribution in [2.75, 3.05) is 12.0 Å². The van der Waals surface area contributed by atoms with E-state index in [4.69, 9.17) is 12.2 Å². The van der Waals surface area contributed by atoms with Crippen molar-refractivity contribution in [3.05, 3.63) is 35.9 Å². The molecule has 1 aromatic rings. The zero-order chi connectivity index (χ0) is 18.9. The van der Waals surface area contributed by atoms with Crippen molar-refractivity contribution in [1.29, 1.82) is 0 Å². The number of nitrogens with one attached hydrogen (secondary N) is 4. The van der Waals surface area contributed by atoms with Gasteiger partial charge in [-0.1, -0.05) is 18.2 Å². The molecule has 0 aromatic heterocycles. The van der Waals surface area contributed by atoms with E-state index in [0.29, 0.717) is 17.1 Å². The Kier molecular flexibility index (Phi) is 8.71. The van der Waals surface area contributed by atoms with Gasteiger partial charge in [-0.3, -0.25) is 20.4 Å². The predicted octanol–water partition coefficient (Wildman–Crippen LogP) is 1.83. The standard InChI is InChI=1S/C17H26N4O2S2/c1-17(2,3)19-16(24)21-20-15(23)13(10-11-25-4)18-14(22)12-8-6-5-7-9-12/h5-9,13H,10-11H2,1-4H3,(H,18,22)(H,20,23)(H2,19,21,24)/t13-/m0/s1. The molecule has 6 nitrogen and oxygen atoms in total. The average molecular weight is 383 g/mol. The van der Waals surface area contributed by atoms with Gasteiger partial charge in [0.2, 0.25) is 0 Å². The molecule has 0 saturated carbocycles. The highest BCUT2D eigenvalue weighted by molar-refractivity contribution is 7.98. The molecule has 0 radical (unpaired) electrons. The highest BCUT2D eigenvalue weighted by Crippen LogP contribution is 2.04. The maximum absolute atomic E-state index is 12.4. The SMILES string of the molecule is CSCC[C@H](NC(=O)c1ccccc1)C(=O)NNC(=S)NC(C)(C)C. The third-order valence-electron chi connectivity index (χ3n) is 3.06. The van der Waals surface area contributed by atoms with E-state index in [-0.39, 0.29) is 17.4 Å². The second-order valence-corrected chi connectivity index (χ2v) is 7.89. The third-order valence-corrected chi connectivity index (χ3v) is 3.90. The molecular formula is C17H26N4O2S2. The van der Waals surface area contributed by atoms with Gasteiger partial charge in [0.05, 0.1) is 0 Å². The van der Waals surface area contributed by atoms with Gasteiger partial charge in [0.15, 0.2) is 5.11 Å². The van der Waals surface area contributed by atoms with Crippen LogP contribution in [0.5, 0.6) is 0 Å². The van der Waals surface area contributed by atoms with Crippen LogP contribution in [-0.4, -0.2) is 40.5 Å². The topological polar surface area (TPSA) is 82.3 Å². The molecule has 1 atom stereocenters. The molecule has 138 valence electrons. The van der Waals surface area contributed by atoms with Crippen LogP contribution in [0.2, 0.25) is 0 Å². The summed E-state index contributed by atoms with van der Waals surface area (Å²) >= 11 is 6.74. The van der Waals surface area contributed by atoms with Crippen molar-refractivity contribution in [1.82, 2.24) is 21.5 Å². The minimum Gasteiger partial charge on any atom is -0.357 e. The Morgan fingerprint density at radius 3 is 2.36 bits per heavy atom. The fourth-order valence-electron chi connectivity index (χ4n) is 1.91. The van der Waals surface area contributed by atoms with E-state index >= 15 is 0 Å². The smallest absolute Gasteiger partial charge is 0.260 e. The Labute approximate surface area is 158 Å². The van der Waals surface area contributed by atoms with Gasteiger partial charge >= 0.3 is 0 Å². The Morgan fingerprint density at radius 1 is 1.16 bits per heavy atom. The lowest BCUT2D eigenvalue weighted by Gasteiger charge is -2.24. The molecule has 0 saturated heterocycles. The lowest BCUT2D eigenvalue weighted by atomic mass is 10.1. The first kappa shape index (κ1) is 21.2. The first-order valence-corrected chi connectivity index (χ1v) is 9.76. The Hall–Kier alpha value is -1.80. The Balaban J connectivity index is 2.63. The monoisotopic (exact) mass is 382 g/mol. The van der Waals surface area contributed by atoms with Gasteiger partial charge in [-0.25, -0.2) is 0 Å². The lowest BCUT2D eigenvalue weighted by molar-refractivity contribution is -0.123. The summed E-state index contributed by atoms with van der Waals surface area (Å²) in [5.41, 5.74) is 5.53. The summed E-state index contributed by atoms with van der Waals surface area (Å²) < 4.78 is 0. The van der Waals surface area contributed by atoms with E-state index in [0.717, 1.165) is 5.75 Å². The number of benzene rings is 1. The lowest BCUT2D eigenvalue weighted by Crippen LogP contribution is -2.56. The summed E-state index contributed by atoms with van der Waals surface area (Å²) in [6.45, 7) is 5.89. The van der Waals surface area contributed by atoms with E-state index < -0.39 is 6.04 Å². The molecule has 0 spiro atoms. The highest BCUT2D eigenvalue weighted by atomic mass is 32.2. The fourth-order valence-corrected chi connectivity index (χ4v) is 2.74. The van der Waals surface area contributed by atoms with Crippen molar-refractivity contribution in [2.24, 2.45) is 0 Å². The van der Waals surface area contributed by atoms with Gasteiger partial charge in [-0.15, -0.1) is 0 Å². The maximum atomic E-state index is 12.4. The van der Waals surface area contributed by atoms with Gasteiger partial charge in [0.25, 0.3) is 11.8 Å². The van der Waals surface area contributed by atoms with Crippen LogP contribution in [0.15, 0.2) is 30.3 Å². The number of hydrogen-bond acceptors (Lipinski definition) is 4. The van der Waals surface area contributed by atoms with Crippen molar-refractivity contribution in [3.8, 4) is 0 Å². The van der Waals surface area contributed by atoms with Crippen molar-refractivity contribution in [3.63, 3.8) is 0 Å². The largest absolute Gasteiger partial charge is 0.357 e. The van der Waals surface area contributed by atoms with Crippen LogP contribution in [0.25, 0.3) is 0 Å². The van der Waals surface area contributed by atoms with Gasteiger partial charge in [0, 0.05) is 11.1 Å². The molecule has 0 unspecified atom stereocenters. The van der Waals surface area contributed by atoms with E-state index in [9.17, 15) is 9.59 Å². The Morgan fingerprint density at radius 2 is 1.80 bits per heavy atom. The highest BCUT2D eigenvalue weighted by Gasteiger charge is 2.21. The average Bonchev–Trinajstić information content (AvgIpc) is 2.55. The summed E-state index contributed by atoms with van der Waals surface area (Å²) in [6, 6.07) is 8.17. The summed E-state index contributed by atoms with van der Waals surface area (Å²) in [5, 5.41) is 6.13. The van der Waals surface area contributed by atoms with E-state index in [2.05, 4.69) is 21.5 Å². The summed E-state index contributed by atoms with van der Waals surface area (Å²) in [4.78, 5) is 24.7. The fraction of sp³-hybridized carbons (Fsp3) is 0.471. The van der Waals surface area contributed by atoms with E-state index in [1.165, 1.54) is 0 Å². The number of carbonyl (C=O) groups is 2. The number of thiocarbonyl (C=S) groups is 1. The number of rotatable bonds is 6. The van der Waals surface area contributed by atoms with Crippen LogP contribution in [0.3, 0.4) is 0 Å². The number of amides is 2. The van der Waals surface area contributed by atoms with Gasteiger partial charge in [-0.2, -0.15) is 11.8 Å². The summed E-state index contributed by atoms with van der Waals surface area (Å²) in [7, 11) is 0. The van der Waals surface area contributed by atoms with Crippen molar-refractivity contribution < 1.29 is 9.59 Å². The molecule has 2 amide bonds. The van der Waals surface area contributed by atoms with E-state index in [1.807, 2.05) is 33.1 Å². The molecule has 0 aliphatic heterocycles. The van der Waals surface area contributed by atoms with Crippen LogP contribution in [-0.2, 0) is 4.79 Å². The van der Waals surface area contributed by atoms with Crippen LogP contribution < -0.4 is 21.5 Å². The van der Waals surface area contributed by atoms with Crippen LogP contribution in [0.1, 0.15) is 37.6 Å². The van der Waals surface area contributed by atoms with E-state index in [1.54, 1.807) is 36.0 Å². The second kappa shape index (κ2) is 10.2. The third kappa shape index (κ3) is 8.74. The molecule has 0 aliphatic carbocycles. The predicted molar refractivity (Wildman–Crippen MR) is 107 cm³/mol. The second-order valence-electron chi connectivity index (χ2n) is 6.49. The number of hydrogen-bond donors (Lipinski definition) is 4. The number of hydrazine groups is 1. The molecule has 0 heterocycles. The van der Waals surface area contributed by atoms with Crippen molar-refractivity contribution >= 4 is 40.9 Å². The minimum atomic E-state index is -0.648. The molecule has 25 heavy (non-hydrogen) atoms. The molecule has 8 heteroatoms. The quantitative estimate of drug-likeness (QED) is 0.444. The zero-order valence-corrected chi connectivity index (χ0v) is 16.6. The van der Waals surface area contributed by atoms with Gasteiger partial charge < -0.3 is 10.6 Å². The minimum absolute atomic E-state index is 0.214. The molecule has 0 bridgehead atoms. The van der Waals surface area contributed by atoms with Crippen LogP contribution >= 0.6 is 24.0 Å². The van der Waals surface area contributed by atoms with Crippen molar-refractivity contribution in [2.45, 2.75) is 38.8 Å². The molecule has 4 N–H and O–H groups in total. The van der Waals surface area contributed by atoms with Gasteiger partial charge in [-0.05, 0) is 63.6 Å². The number of carbonyl (C=O) groups excluding carboxylic acids is 2. The zero-order valence-electron chi connectivity index (χ0n) is 15.0. The van der Waals surface area contributed by atoms with Gasteiger partial charge in [0.1, 0.15) is 6.04 Å². The summed E-state index contributed by atoms with van der Waals surface area (Å²) in [5.74, 6) is 0.131. The molecule has 1 aromatic carbocycles. The van der Waals surface area contributed by atoms with Crippen LogP contribution in [0, 0.1) is 0 Å². The first-order valence-electron chi connectivity index (χ1n) is 7.96. The van der Waals surface area contributed by atoms with Crippen LogP contribution in [0.4, 0.5) is 0 Å². The summed E-state index contributed by atoms with van der Waals surface area (Å²) in [6.07, 6.45) is 2.47. The first-order chi connectivity index (χ1) is 11.7. The Bertz CT molecular complexity index is 588. The molecular weight excluding hydrogens is 356 g/mol. The molecule has 1 rings (SSSR count). The number of thioether (sulfide) groups is 1. The molecule has 0 aliphatic rings. The maximum Gasteiger partial charge on any atom is 0.260 e.